The molecule has 0 saturated heterocycles. The second-order valence-corrected chi connectivity index (χ2v) is 14.5. The van der Waals surface area contributed by atoms with E-state index in [1.54, 1.807) is 0 Å². The molecule has 6 rings (SSSR count). The fraction of sp³-hybridized carbons (Fsp3) is 0.103. The van der Waals surface area contributed by atoms with Gasteiger partial charge in [-0.05, 0) is 17.3 Å². The zero-order valence-electron chi connectivity index (χ0n) is 19.0. The van der Waals surface area contributed by atoms with E-state index < -0.39 is 8.07 Å². The zero-order chi connectivity index (χ0) is 22.6. The van der Waals surface area contributed by atoms with Crippen LogP contribution < -0.4 is 5.19 Å². The van der Waals surface area contributed by atoms with Gasteiger partial charge in [0.1, 0.15) is 11.2 Å². The molecule has 33 heavy (non-hydrogen) atoms. The highest BCUT2D eigenvalue weighted by Gasteiger charge is 2.24. The van der Waals surface area contributed by atoms with Gasteiger partial charge in [-0.1, -0.05) is 98.5 Å². The van der Waals surface area contributed by atoms with E-state index in [0.29, 0.717) is 5.82 Å². The molecule has 0 amide bonds. The minimum Gasteiger partial charge on any atom is -0.455 e. The third kappa shape index (κ3) is 3.26. The van der Waals surface area contributed by atoms with Crippen LogP contribution in [0.5, 0.6) is 0 Å². The molecule has 3 nitrogen and oxygen atoms in total. The number of hydrogen-bond donors (Lipinski definition) is 0. The van der Waals surface area contributed by atoms with E-state index in [9.17, 15) is 0 Å². The molecular weight excluding hydrogens is 420 g/mol. The highest BCUT2D eigenvalue weighted by Crippen LogP contribution is 2.36. The lowest BCUT2D eigenvalue weighted by Gasteiger charge is -2.16. The monoisotopic (exact) mass is 444 g/mol. The molecule has 0 saturated carbocycles. The van der Waals surface area contributed by atoms with Crippen molar-refractivity contribution in [2.24, 2.45) is 0 Å². The van der Waals surface area contributed by atoms with Gasteiger partial charge in [-0.3, -0.25) is 0 Å². The van der Waals surface area contributed by atoms with Gasteiger partial charge in [0.05, 0.1) is 24.8 Å². The minimum atomic E-state index is -1.57. The summed E-state index contributed by atoms with van der Waals surface area (Å²) in [7, 11) is -1.57. The largest absolute Gasteiger partial charge is 0.455 e. The number of nitrogens with zero attached hydrogens (tertiary/aromatic N) is 2. The van der Waals surface area contributed by atoms with Crippen LogP contribution in [0.25, 0.3) is 55.5 Å². The van der Waals surface area contributed by atoms with Crippen LogP contribution in [-0.2, 0) is 0 Å². The molecule has 4 aromatic carbocycles. The number of aromatic nitrogens is 2. The van der Waals surface area contributed by atoms with Crippen LogP contribution in [0, 0.1) is 0 Å². The Kier molecular flexibility index (Phi) is 4.45. The summed E-state index contributed by atoms with van der Waals surface area (Å²) in [6, 6.07) is 31.3. The van der Waals surface area contributed by atoms with Gasteiger partial charge in [-0.2, -0.15) is 0 Å². The lowest BCUT2D eigenvalue weighted by atomic mass is 10.0. The van der Waals surface area contributed by atoms with Crippen LogP contribution in [-0.4, -0.2) is 18.0 Å². The van der Waals surface area contributed by atoms with Crippen LogP contribution in [0.15, 0.2) is 95.4 Å². The molecule has 0 fully saturated rings. The van der Waals surface area contributed by atoms with Gasteiger partial charge in [-0.25, -0.2) is 9.97 Å². The summed E-state index contributed by atoms with van der Waals surface area (Å²) in [6.07, 6.45) is 0. The Morgan fingerprint density at radius 1 is 0.606 bits per heavy atom. The first kappa shape index (κ1) is 19.9. The average Bonchev–Trinajstić information content (AvgIpc) is 3.22. The van der Waals surface area contributed by atoms with Crippen molar-refractivity contribution in [3.63, 3.8) is 0 Å². The van der Waals surface area contributed by atoms with Crippen molar-refractivity contribution < 1.29 is 4.42 Å². The van der Waals surface area contributed by atoms with Crippen molar-refractivity contribution in [3.05, 3.63) is 91.0 Å². The topological polar surface area (TPSA) is 38.9 Å². The SMILES string of the molecule is C[Si](C)(C)c1cccc2c1oc1c(-c3nc(-c4ccccc4)c4ccccc4n3)cccc12. The Labute approximate surface area is 193 Å². The molecule has 0 aliphatic heterocycles. The molecule has 0 bridgehead atoms. The zero-order valence-corrected chi connectivity index (χ0v) is 20.0. The molecule has 2 aromatic heterocycles. The van der Waals surface area contributed by atoms with E-state index >= 15 is 0 Å². The van der Waals surface area contributed by atoms with Crippen molar-refractivity contribution in [3.8, 4) is 22.6 Å². The predicted octanol–water partition coefficient (Wildman–Crippen LogP) is 7.41. The maximum Gasteiger partial charge on any atom is 0.164 e. The minimum absolute atomic E-state index is 0.687. The Morgan fingerprint density at radius 3 is 2.06 bits per heavy atom. The average molecular weight is 445 g/mol. The van der Waals surface area contributed by atoms with Gasteiger partial charge in [0.25, 0.3) is 0 Å². The quantitative estimate of drug-likeness (QED) is 0.267. The number of fused-ring (bicyclic) bond motifs is 4. The fourth-order valence-corrected chi connectivity index (χ4v) is 6.06. The van der Waals surface area contributed by atoms with Gasteiger partial charge in [0, 0.05) is 21.7 Å². The van der Waals surface area contributed by atoms with Crippen molar-refractivity contribution in [1.82, 2.24) is 9.97 Å². The molecule has 0 radical (unpaired) electrons. The van der Waals surface area contributed by atoms with Crippen LogP contribution >= 0.6 is 0 Å². The molecule has 160 valence electrons. The molecule has 0 atom stereocenters. The highest BCUT2D eigenvalue weighted by molar-refractivity contribution is 6.90. The van der Waals surface area contributed by atoms with Crippen molar-refractivity contribution in [2.45, 2.75) is 19.6 Å². The van der Waals surface area contributed by atoms with E-state index in [2.05, 4.69) is 80.3 Å². The smallest absolute Gasteiger partial charge is 0.164 e. The molecule has 0 unspecified atom stereocenters. The molecule has 0 aliphatic rings. The van der Waals surface area contributed by atoms with Crippen LogP contribution in [0.2, 0.25) is 19.6 Å². The lowest BCUT2D eigenvalue weighted by Crippen LogP contribution is -2.37. The Hall–Kier alpha value is -3.76. The number of benzene rings is 4. The highest BCUT2D eigenvalue weighted by atomic mass is 28.3. The van der Waals surface area contributed by atoms with E-state index in [0.717, 1.165) is 49.7 Å². The summed E-state index contributed by atoms with van der Waals surface area (Å²) in [5, 5.41) is 4.66. The molecule has 4 heteroatoms. The second kappa shape index (κ2) is 7.39. The first-order chi connectivity index (χ1) is 16.0. The molecule has 6 aromatic rings. The number of hydrogen-bond acceptors (Lipinski definition) is 3. The van der Waals surface area contributed by atoms with Crippen LogP contribution in [0.4, 0.5) is 0 Å². The molecule has 2 heterocycles. The summed E-state index contributed by atoms with van der Waals surface area (Å²) in [5.41, 5.74) is 5.73. The van der Waals surface area contributed by atoms with Crippen LogP contribution in [0.1, 0.15) is 0 Å². The number of furan rings is 1. The Bertz CT molecular complexity index is 1650. The maximum absolute atomic E-state index is 6.61. The Morgan fingerprint density at radius 2 is 1.27 bits per heavy atom. The van der Waals surface area contributed by atoms with E-state index in [-0.39, 0.29) is 0 Å². The standard InChI is InChI=1S/C29H24N2OSi/c1-33(2,3)25-18-10-15-21-20-14-9-16-23(27(20)32-28(21)25)29-30-24-17-8-7-13-22(24)26(31-29)19-11-5-4-6-12-19/h4-18H,1-3H3. The third-order valence-electron chi connectivity index (χ3n) is 6.22. The van der Waals surface area contributed by atoms with Gasteiger partial charge in [0.2, 0.25) is 0 Å². The summed E-state index contributed by atoms with van der Waals surface area (Å²) < 4.78 is 6.61. The first-order valence-electron chi connectivity index (χ1n) is 11.3. The second-order valence-electron chi connectivity index (χ2n) is 9.50. The molecule has 0 aliphatic carbocycles. The predicted molar refractivity (Wildman–Crippen MR) is 141 cm³/mol. The summed E-state index contributed by atoms with van der Waals surface area (Å²) in [5.74, 6) is 0.687. The van der Waals surface area contributed by atoms with E-state index in [1.807, 2.05) is 30.3 Å². The summed E-state index contributed by atoms with van der Waals surface area (Å²) in [6.45, 7) is 7.07. The van der Waals surface area contributed by atoms with Crippen molar-refractivity contribution in [2.75, 3.05) is 0 Å². The van der Waals surface area contributed by atoms with Gasteiger partial charge in [-0.15, -0.1) is 0 Å². The summed E-state index contributed by atoms with van der Waals surface area (Å²) in [4.78, 5) is 10.0. The first-order valence-corrected chi connectivity index (χ1v) is 14.8. The third-order valence-corrected chi connectivity index (χ3v) is 8.23. The van der Waals surface area contributed by atoms with Gasteiger partial charge in [0.15, 0.2) is 5.82 Å². The Balaban J connectivity index is 1.67. The number of para-hydroxylation sites is 3. The van der Waals surface area contributed by atoms with Crippen LogP contribution in [0.3, 0.4) is 0 Å². The van der Waals surface area contributed by atoms with Gasteiger partial charge < -0.3 is 4.42 Å². The number of rotatable bonds is 3. The lowest BCUT2D eigenvalue weighted by molar-refractivity contribution is 0.672. The molecular formula is C29H24N2OSi. The fourth-order valence-electron chi connectivity index (χ4n) is 4.60. The van der Waals surface area contributed by atoms with E-state index in [1.165, 1.54) is 5.19 Å². The van der Waals surface area contributed by atoms with Crippen molar-refractivity contribution >= 4 is 46.1 Å². The molecule has 0 N–H and O–H groups in total. The van der Waals surface area contributed by atoms with Crippen molar-refractivity contribution in [1.29, 1.82) is 0 Å². The maximum atomic E-state index is 6.61. The van der Waals surface area contributed by atoms with E-state index in [4.69, 9.17) is 14.4 Å². The normalized spacial score (nSPS) is 12.1. The summed E-state index contributed by atoms with van der Waals surface area (Å²) >= 11 is 0. The van der Waals surface area contributed by atoms with Gasteiger partial charge >= 0.3 is 0 Å². The molecule has 0 spiro atoms.